The van der Waals surface area contributed by atoms with Gasteiger partial charge in [-0.1, -0.05) is 41.9 Å². The highest BCUT2D eigenvalue weighted by molar-refractivity contribution is 7.13. The molecule has 0 fully saturated rings. The van der Waals surface area contributed by atoms with Gasteiger partial charge in [-0.05, 0) is 30.4 Å². The van der Waals surface area contributed by atoms with E-state index in [0.717, 1.165) is 11.1 Å². The van der Waals surface area contributed by atoms with E-state index in [1.165, 1.54) is 11.3 Å². The minimum atomic E-state index is -0.438. The number of aromatic amines is 1. The highest BCUT2D eigenvalue weighted by Gasteiger charge is 2.23. The first-order chi connectivity index (χ1) is 11.1. The second-order valence-corrected chi connectivity index (χ2v) is 6.42. The molecule has 5 nitrogen and oxygen atoms in total. The molecule has 0 radical (unpaired) electrons. The predicted molar refractivity (Wildman–Crippen MR) is 90.9 cm³/mol. The van der Waals surface area contributed by atoms with E-state index in [2.05, 4.69) is 20.5 Å². The Labute approximate surface area is 142 Å². The number of H-pyrrole nitrogens is 1. The lowest BCUT2D eigenvalue weighted by molar-refractivity contribution is 0.0945. The van der Waals surface area contributed by atoms with Gasteiger partial charge in [-0.3, -0.25) is 9.89 Å². The summed E-state index contributed by atoms with van der Waals surface area (Å²) in [6.07, 6.45) is 0. The second-order valence-electron chi connectivity index (χ2n) is 5.16. The van der Waals surface area contributed by atoms with Crippen LogP contribution in [0.25, 0.3) is 0 Å². The Hall–Kier alpha value is -2.18. The second kappa shape index (κ2) is 6.52. The van der Waals surface area contributed by atoms with Crippen LogP contribution in [0.3, 0.4) is 0 Å². The fraction of sp³-hybridized carbons (Fsp3) is 0.188. The SMILES string of the molecule is Cc1nc([C@@H](NC(=O)c2scc(C)c2Cl)c2ccccc2)n[nH]1. The summed E-state index contributed by atoms with van der Waals surface area (Å²) in [6.45, 7) is 3.70. The Morgan fingerprint density at radius 2 is 2.04 bits per heavy atom. The van der Waals surface area contributed by atoms with E-state index in [4.69, 9.17) is 11.6 Å². The summed E-state index contributed by atoms with van der Waals surface area (Å²) in [6, 6.07) is 9.17. The lowest BCUT2D eigenvalue weighted by atomic mass is 10.1. The number of thiophene rings is 1. The molecule has 1 amide bonds. The Kier molecular flexibility index (Phi) is 4.45. The normalized spacial score (nSPS) is 12.1. The first-order valence-electron chi connectivity index (χ1n) is 7.04. The Morgan fingerprint density at radius 1 is 1.30 bits per heavy atom. The minimum absolute atomic E-state index is 0.232. The first kappa shape index (κ1) is 15.7. The molecule has 0 aliphatic rings. The predicted octanol–water partition coefficient (Wildman–Crippen LogP) is 3.66. The number of carbonyl (C=O) groups is 1. The van der Waals surface area contributed by atoms with Crippen molar-refractivity contribution in [1.82, 2.24) is 20.5 Å². The third-order valence-corrected chi connectivity index (χ3v) is 5.08. The van der Waals surface area contributed by atoms with Gasteiger partial charge in [-0.25, -0.2) is 4.98 Å². The van der Waals surface area contributed by atoms with Gasteiger partial charge < -0.3 is 5.32 Å². The fourth-order valence-corrected chi connectivity index (χ4v) is 3.39. The molecule has 3 rings (SSSR count). The molecule has 23 heavy (non-hydrogen) atoms. The zero-order chi connectivity index (χ0) is 16.4. The number of nitrogens with one attached hydrogen (secondary N) is 2. The van der Waals surface area contributed by atoms with Crippen molar-refractivity contribution in [3.63, 3.8) is 0 Å². The van der Waals surface area contributed by atoms with Gasteiger partial charge in [0.15, 0.2) is 5.82 Å². The van der Waals surface area contributed by atoms with Crippen molar-refractivity contribution in [1.29, 1.82) is 0 Å². The molecule has 0 unspecified atom stereocenters. The molecule has 0 spiro atoms. The highest BCUT2D eigenvalue weighted by atomic mass is 35.5. The number of benzene rings is 1. The van der Waals surface area contributed by atoms with E-state index in [1.54, 1.807) is 0 Å². The number of aryl methyl sites for hydroxylation is 2. The Bertz CT molecular complexity index is 828. The standard InChI is InChI=1S/C16H15ClN4OS/c1-9-8-23-14(12(9)17)16(22)19-13(11-6-4-3-5-7-11)15-18-10(2)20-21-15/h3-8,13H,1-2H3,(H,19,22)(H,18,20,21)/t13-/m0/s1. The maximum absolute atomic E-state index is 12.6. The zero-order valence-electron chi connectivity index (χ0n) is 12.6. The monoisotopic (exact) mass is 346 g/mol. The average Bonchev–Trinajstić information content (AvgIpc) is 3.12. The molecule has 1 aromatic carbocycles. The first-order valence-corrected chi connectivity index (χ1v) is 8.30. The molecule has 2 N–H and O–H groups in total. The van der Waals surface area contributed by atoms with E-state index in [0.29, 0.717) is 21.5 Å². The molecular formula is C16H15ClN4OS. The van der Waals surface area contributed by atoms with Crippen molar-refractivity contribution >= 4 is 28.8 Å². The summed E-state index contributed by atoms with van der Waals surface area (Å²) in [5.41, 5.74) is 1.80. The number of nitrogens with zero attached hydrogens (tertiary/aromatic N) is 2. The number of hydrogen-bond donors (Lipinski definition) is 2. The van der Waals surface area contributed by atoms with Crippen LogP contribution in [-0.2, 0) is 0 Å². The number of hydrogen-bond acceptors (Lipinski definition) is 4. The highest BCUT2D eigenvalue weighted by Crippen LogP contribution is 2.28. The smallest absolute Gasteiger partial charge is 0.263 e. The molecule has 7 heteroatoms. The van der Waals surface area contributed by atoms with Crippen molar-refractivity contribution in [3.05, 3.63) is 68.4 Å². The van der Waals surface area contributed by atoms with Crippen LogP contribution < -0.4 is 5.32 Å². The molecular weight excluding hydrogens is 332 g/mol. The van der Waals surface area contributed by atoms with Crippen LogP contribution in [-0.4, -0.2) is 21.1 Å². The summed E-state index contributed by atoms with van der Waals surface area (Å²) in [7, 11) is 0. The van der Waals surface area contributed by atoms with Gasteiger partial charge in [-0.15, -0.1) is 11.3 Å². The summed E-state index contributed by atoms with van der Waals surface area (Å²) in [4.78, 5) is 17.4. The van der Waals surface area contributed by atoms with Crippen molar-refractivity contribution < 1.29 is 4.79 Å². The van der Waals surface area contributed by atoms with Crippen LogP contribution in [0, 0.1) is 13.8 Å². The summed E-state index contributed by atoms with van der Waals surface area (Å²) < 4.78 is 0. The van der Waals surface area contributed by atoms with Gasteiger partial charge in [0, 0.05) is 0 Å². The molecule has 0 aliphatic carbocycles. The minimum Gasteiger partial charge on any atom is -0.337 e. The number of halogens is 1. The molecule has 0 aliphatic heterocycles. The van der Waals surface area contributed by atoms with Crippen LogP contribution in [0.15, 0.2) is 35.7 Å². The van der Waals surface area contributed by atoms with Crippen LogP contribution in [0.1, 0.15) is 38.5 Å². The Balaban J connectivity index is 1.93. The topological polar surface area (TPSA) is 70.7 Å². The lowest BCUT2D eigenvalue weighted by Gasteiger charge is -2.16. The maximum Gasteiger partial charge on any atom is 0.263 e. The summed E-state index contributed by atoms with van der Waals surface area (Å²) in [5.74, 6) is 0.982. The third kappa shape index (κ3) is 3.28. The number of rotatable bonds is 4. The van der Waals surface area contributed by atoms with E-state index >= 15 is 0 Å². The lowest BCUT2D eigenvalue weighted by Crippen LogP contribution is -2.29. The molecule has 1 atom stereocenters. The van der Waals surface area contributed by atoms with Crippen LogP contribution in [0.4, 0.5) is 0 Å². The quantitative estimate of drug-likeness (QED) is 0.757. The molecule has 0 saturated heterocycles. The summed E-state index contributed by atoms with van der Waals surface area (Å²) in [5, 5.41) is 12.3. The molecule has 118 valence electrons. The molecule has 2 aromatic heterocycles. The van der Waals surface area contributed by atoms with Gasteiger partial charge >= 0.3 is 0 Å². The van der Waals surface area contributed by atoms with E-state index < -0.39 is 6.04 Å². The number of aromatic nitrogens is 3. The van der Waals surface area contributed by atoms with Crippen molar-refractivity contribution in [2.75, 3.05) is 0 Å². The molecule has 0 bridgehead atoms. The van der Waals surface area contributed by atoms with E-state index in [1.807, 2.05) is 49.6 Å². The third-order valence-electron chi connectivity index (χ3n) is 3.39. The maximum atomic E-state index is 12.6. The van der Waals surface area contributed by atoms with Crippen molar-refractivity contribution in [2.45, 2.75) is 19.9 Å². The van der Waals surface area contributed by atoms with Gasteiger partial charge in [0.1, 0.15) is 16.7 Å². The van der Waals surface area contributed by atoms with Crippen LogP contribution in [0.2, 0.25) is 5.02 Å². The zero-order valence-corrected chi connectivity index (χ0v) is 14.2. The Morgan fingerprint density at radius 3 is 2.61 bits per heavy atom. The molecule has 2 heterocycles. The van der Waals surface area contributed by atoms with E-state index in [9.17, 15) is 4.79 Å². The van der Waals surface area contributed by atoms with Crippen LogP contribution >= 0.6 is 22.9 Å². The fourth-order valence-electron chi connectivity index (χ4n) is 2.21. The van der Waals surface area contributed by atoms with Gasteiger partial charge in [-0.2, -0.15) is 5.10 Å². The molecule has 3 aromatic rings. The van der Waals surface area contributed by atoms with Crippen molar-refractivity contribution in [2.24, 2.45) is 0 Å². The number of carbonyl (C=O) groups excluding carboxylic acids is 1. The van der Waals surface area contributed by atoms with Crippen molar-refractivity contribution in [3.8, 4) is 0 Å². The largest absolute Gasteiger partial charge is 0.337 e. The molecule has 0 saturated carbocycles. The van der Waals surface area contributed by atoms with Gasteiger partial charge in [0.25, 0.3) is 5.91 Å². The van der Waals surface area contributed by atoms with Gasteiger partial charge in [0.05, 0.1) is 5.02 Å². The van der Waals surface area contributed by atoms with Gasteiger partial charge in [0.2, 0.25) is 0 Å². The summed E-state index contributed by atoms with van der Waals surface area (Å²) >= 11 is 7.52. The van der Waals surface area contributed by atoms with E-state index in [-0.39, 0.29) is 5.91 Å². The van der Waals surface area contributed by atoms with Crippen LogP contribution in [0.5, 0.6) is 0 Å². The number of amides is 1. The average molecular weight is 347 g/mol.